The van der Waals surface area contributed by atoms with Gasteiger partial charge in [-0.1, -0.05) is 18.6 Å². The zero-order valence-corrected chi connectivity index (χ0v) is 17.4. The number of benzene rings is 1. The largest absolute Gasteiger partial charge is 0.370 e. The summed E-state index contributed by atoms with van der Waals surface area (Å²) < 4.78 is 5.57. The minimum absolute atomic E-state index is 0.0460. The first-order valence-corrected chi connectivity index (χ1v) is 11.0. The lowest BCUT2D eigenvalue weighted by atomic mass is 9.90. The van der Waals surface area contributed by atoms with Crippen molar-refractivity contribution in [1.29, 1.82) is 0 Å². The molecule has 7 heteroatoms. The number of likely N-dealkylation sites (tertiary alicyclic amines) is 1. The monoisotopic (exact) mass is 410 g/mol. The van der Waals surface area contributed by atoms with E-state index in [0.717, 1.165) is 67.7 Å². The molecule has 2 N–H and O–H groups in total. The maximum absolute atomic E-state index is 12.3. The molecule has 0 unspecified atom stereocenters. The number of nitrogens with zero attached hydrogens (tertiary/aromatic N) is 2. The number of amides is 1. The predicted octanol–water partition coefficient (Wildman–Crippen LogP) is 2.76. The van der Waals surface area contributed by atoms with Crippen LogP contribution in [0.5, 0.6) is 0 Å². The number of rotatable bonds is 7. The van der Waals surface area contributed by atoms with E-state index < -0.39 is 0 Å². The fourth-order valence-corrected chi connectivity index (χ4v) is 4.38. The van der Waals surface area contributed by atoms with Gasteiger partial charge in [-0.15, -0.1) is 0 Å². The molecule has 4 rings (SSSR count). The van der Waals surface area contributed by atoms with Gasteiger partial charge in [0.1, 0.15) is 6.61 Å². The van der Waals surface area contributed by atoms with Crippen LogP contribution in [0.3, 0.4) is 0 Å². The van der Waals surface area contributed by atoms with Crippen molar-refractivity contribution >= 4 is 11.6 Å². The lowest BCUT2D eigenvalue weighted by Gasteiger charge is -2.26. The molecule has 1 aromatic carbocycles. The van der Waals surface area contributed by atoms with E-state index >= 15 is 0 Å². The SMILES string of the molecule is O=C(COCCN1CCCCC1)Nc1cccc(-c2n[nH]c(=O)c3c2CCCC3)c1. The van der Waals surface area contributed by atoms with Gasteiger partial charge < -0.3 is 15.0 Å². The van der Waals surface area contributed by atoms with Gasteiger partial charge in [0.05, 0.1) is 12.3 Å². The molecule has 0 bridgehead atoms. The topological polar surface area (TPSA) is 87.3 Å². The number of anilines is 1. The van der Waals surface area contributed by atoms with E-state index in [4.69, 9.17) is 4.74 Å². The van der Waals surface area contributed by atoms with E-state index in [2.05, 4.69) is 20.4 Å². The number of aromatic amines is 1. The summed E-state index contributed by atoms with van der Waals surface area (Å²) in [5, 5.41) is 9.84. The van der Waals surface area contributed by atoms with Crippen molar-refractivity contribution in [3.8, 4) is 11.3 Å². The van der Waals surface area contributed by atoms with Crippen molar-refractivity contribution in [2.45, 2.75) is 44.9 Å². The molecule has 0 spiro atoms. The fourth-order valence-electron chi connectivity index (χ4n) is 4.38. The van der Waals surface area contributed by atoms with Crippen LogP contribution in [0.4, 0.5) is 5.69 Å². The van der Waals surface area contributed by atoms with Crippen LogP contribution in [-0.2, 0) is 22.4 Å². The minimum atomic E-state index is -0.165. The molecular formula is C23H30N4O3. The molecule has 1 saturated heterocycles. The third kappa shape index (κ3) is 5.15. The molecule has 1 fully saturated rings. The molecule has 0 radical (unpaired) electrons. The first-order chi connectivity index (χ1) is 14.7. The van der Waals surface area contributed by atoms with Gasteiger partial charge in [-0.3, -0.25) is 9.59 Å². The van der Waals surface area contributed by atoms with Crippen LogP contribution in [0, 0.1) is 0 Å². The van der Waals surface area contributed by atoms with Crippen molar-refractivity contribution < 1.29 is 9.53 Å². The second-order valence-corrected chi connectivity index (χ2v) is 8.15. The van der Waals surface area contributed by atoms with Crippen molar-refractivity contribution in [2.24, 2.45) is 0 Å². The Kier molecular flexibility index (Phi) is 6.92. The highest BCUT2D eigenvalue weighted by Gasteiger charge is 2.19. The van der Waals surface area contributed by atoms with Crippen LogP contribution in [0.15, 0.2) is 29.1 Å². The number of aromatic nitrogens is 2. The van der Waals surface area contributed by atoms with Crippen molar-refractivity contribution in [3.05, 3.63) is 45.7 Å². The Morgan fingerprint density at radius 2 is 1.90 bits per heavy atom. The van der Waals surface area contributed by atoms with Gasteiger partial charge in [-0.25, -0.2) is 5.10 Å². The van der Waals surface area contributed by atoms with Crippen LogP contribution in [0.25, 0.3) is 11.3 Å². The summed E-state index contributed by atoms with van der Waals surface area (Å²) in [4.78, 5) is 26.8. The Balaban J connectivity index is 1.35. The zero-order chi connectivity index (χ0) is 20.8. The van der Waals surface area contributed by atoms with Gasteiger partial charge in [-0.05, 0) is 69.3 Å². The summed E-state index contributed by atoms with van der Waals surface area (Å²) in [7, 11) is 0. The van der Waals surface area contributed by atoms with Crippen LogP contribution >= 0.6 is 0 Å². The van der Waals surface area contributed by atoms with E-state index in [9.17, 15) is 9.59 Å². The number of ether oxygens (including phenoxy) is 1. The molecule has 2 heterocycles. The average molecular weight is 411 g/mol. The van der Waals surface area contributed by atoms with E-state index in [1.54, 1.807) is 0 Å². The molecular weight excluding hydrogens is 380 g/mol. The van der Waals surface area contributed by atoms with Crippen LogP contribution < -0.4 is 10.9 Å². The van der Waals surface area contributed by atoms with Gasteiger partial charge in [-0.2, -0.15) is 5.10 Å². The molecule has 2 aromatic rings. The second-order valence-electron chi connectivity index (χ2n) is 8.15. The van der Waals surface area contributed by atoms with Crippen LogP contribution in [-0.4, -0.2) is 53.9 Å². The lowest BCUT2D eigenvalue weighted by molar-refractivity contribution is -0.120. The Labute approximate surface area is 176 Å². The quantitative estimate of drug-likeness (QED) is 0.686. The maximum atomic E-state index is 12.3. The van der Waals surface area contributed by atoms with Gasteiger partial charge >= 0.3 is 0 Å². The third-order valence-electron chi connectivity index (χ3n) is 5.95. The summed E-state index contributed by atoms with van der Waals surface area (Å²) in [6.07, 6.45) is 7.59. The Morgan fingerprint density at radius 1 is 1.10 bits per heavy atom. The van der Waals surface area contributed by atoms with E-state index in [1.807, 2.05) is 24.3 Å². The summed E-state index contributed by atoms with van der Waals surface area (Å²) in [6, 6.07) is 7.61. The zero-order valence-electron chi connectivity index (χ0n) is 17.4. The van der Waals surface area contributed by atoms with E-state index in [1.165, 1.54) is 19.3 Å². The second kappa shape index (κ2) is 10.00. The summed E-state index contributed by atoms with van der Waals surface area (Å²) in [5.41, 5.74) is 4.21. The van der Waals surface area contributed by atoms with Gasteiger partial charge in [0, 0.05) is 23.4 Å². The molecule has 0 atom stereocenters. The van der Waals surface area contributed by atoms with Crippen molar-refractivity contribution in [3.63, 3.8) is 0 Å². The van der Waals surface area contributed by atoms with Crippen LogP contribution in [0.2, 0.25) is 0 Å². The molecule has 1 aromatic heterocycles. The molecule has 0 saturated carbocycles. The Hall–Kier alpha value is -2.51. The number of H-pyrrole nitrogens is 1. The van der Waals surface area contributed by atoms with Crippen LogP contribution in [0.1, 0.15) is 43.2 Å². The molecule has 7 nitrogen and oxygen atoms in total. The molecule has 160 valence electrons. The molecule has 1 aliphatic heterocycles. The number of hydrogen-bond acceptors (Lipinski definition) is 5. The normalized spacial score (nSPS) is 16.8. The van der Waals surface area contributed by atoms with Crippen molar-refractivity contribution in [1.82, 2.24) is 15.1 Å². The predicted molar refractivity (Wildman–Crippen MR) is 117 cm³/mol. The molecule has 2 aliphatic rings. The third-order valence-corrected chi connectivity index (χ3v) is 5.95. The number of carbonyl (C=O) groups excluding carboxylic acids is 1. The summed E-state index contributed by atoms with van der Waals surface area (Å²) in [6.45, 7) is 3.76. The van der Waals surface area contributed by atoms with E-state index in [-0.39, 0.29) is 18.1 Å². The van der Waals surface area contributed by atoms with Gasteiger partial charge in [0.2, 0.25) is 5.91 Å². The molecule has 1 aliphatic carbocycles. The number of carbonyl (C=O) groups is 1. The Bertz CT molecular complexity index is 934. The summed E-state index contributed by atoms with van der Waals surface area (Å²) >= 11 is 0. The highest BCUT2D eigenvalue weighted by atomic mass is 16.5. The van der Waals surface area contributed by atoms with Gasteiger partial charge in [0.25, 0.3) is 5.56 Å². The Morgan fingerprint density at radius 3 is 2.73 bits per heavy atom. The minimum Gasteiger partial charge on any atom is -0.370 e. The number of hydrogen-bond donors (Lipinski definition) is 2. The number of fused-ring (bicyclic) bond motifs is 1. The number of piperidine rings is 1. The first-order valence-electron chi connectivity index (χ1n) is 11.0. The standard InChI is InChI=1S/C23H30N4O3/c28-21(16-30-14-13-27-11-4-1-5-12-27)24-18-8-6-7-17(15-18)22-19-9-2-3-10-20(19)23(29)26-25-22/h6-8,15H,1-5,9-14,16H2,(H,24,28)(H,26,29). The fraction of sp³-hybridized carbons (Fsp3) is 0.522. The first kappa shape index (κ1) is 20.8. The molecule has 1 amide bonds. The lowest BCUT2D eigenvalue weighted by Crippen LogP contribution is -2.33. The highest BCUT2D eigenvalue weighted by molar-refractivity contribution is 5.92. The van der Waals surface area contributed by atoms with Crippen molar-refractivity contribution in [2.75, 3.05) is 38.2 Å². The molecule has 30 heavy (non-hydrogen) atoms. The average Bonchev–Trinajstić information content (AvgIpc) is 2.78. The maximum Gasteiger partial charge on any atom is 0.267 e. The smallest absolute Gasteiger partial charge is 0.267 e. The number of nitrogens with one attached hydrogen (secondary N) is 2. The summed E-state index contributed by atoms with van der Waals surface area (Å²) in [5.74, 6) is -0.165. The van der Waals surface area contributed by atoms with E-state index in [0.29, 0.717) is 12.3 Å². The van der Waals surface area contributed by atoms with Gasteiger partial charge in [0.15, 0.2) is 0 Å². The highest BCUT2D eigenvalue weighted by Crippen LogP contribution is 2.29.